The summed E-state index contributed by atoms with van der Waals surface area (Å²) >= 11 is 3.47. The zero-order valence-corrected chi connectivity index (χ0v) is 12.7. The fraction of sp³-hybridized carbons (Fsp3) is 0.333. The minimum Gasteiger partial charge on any atom is -0.481 e. The van der Waals surface area contributed by atoms with Gasteiger partial charge in [0.25, 0.3) is 0 Å². The zero-order chi connectivity index (χ0) is 14.3. The fourth-order valence-electron chi connectivity index (χ4n) is 2.70. The van der Waals surface area contributed by atoms with Crippen LogP contribution >= 0.6 is 15.9 Å². The number of carboxylic acid groups (broad SMARTS) is 1. The Morgan fingerprint density at radius 2 is 2.10 bits per heavy atom. The molecule has 1 aromatic heterocycles. The number of hydrogen-bond acceptors (Lipinski definition) is 2. The SMILES string of the molecule is Cc1ccccc1-n1cc(Br)c(C2(C(=O)O)CCC2)n1. The number of hydrogen-bond donors (Lipinski definition) is 1. The predicted molar refractivity (Wildman–Crippen MR) is 79.2 cm³/mol. The summed E-state index contributed by atoms with van der Waals surface area (Å²) < 4.78 is 2.53. The van der Waals surface area contributed by atoms with Gasteiger partial charge in [-0.1, -0.05) is 24.6 Å². The second-order valence-corrected chi connectivity index (χ2v) is 6.15. The maximum atomic E-state index is 11.6. The number of aromatic nitrogens is 2. The number of para-hydroxylation sites is 1. The van der Waals surface area contributed by atoms with Gasteiger partial charge in [0, 0.05) is 6.20 Å². The Hall–Kier alpha value is -1.62. The average molecular weight is 335 g/mol. The van der Waals surface area contributed by atoms with E-state index in [2.05, 4.69) is 21.0 Å². The molecule has 5 heteroatoms. The summed E-state index contributed by atoms with van der Waals surface area (Å²) in [5, 5.41) is 14.1. The predicted octanol–water partition coefficient (Wildman–Crippen LogP) is 3.45. The Morgan fingerprint density at radius 3 is 2.65 bits per heavy atom. The summed E-state index contributed by atoms with van der Waals surface area (Å²) in [6.45, 7) is 2.01. The first-order valence-electron chi connectivity index (χ1n) is 6.60. The Balaban J connectivity index is 2.09. The maximum absolute atomic E-state index is 11.6. The number of benzene rings is 1. The fourth-order valence-corrected chi connectivity index (χ4v) is 3.36. The number of nitrogens with zero attached hydrogens (tertiary/aromatic N) is 2. The number of aryl methyl sites for hydroxylation is 1. The number of carboxylic acids is 1. The van der Waals surface area contributed by atoms with Crippen molar-refractivity contribution in [3.63, 3.8) is 0 Å². The molecule has 0 amide bonds. The lowest BCUT2D eigenvalue weighted by Gasteiger charge is -2.36. The van der Waals surface area contributed by atoms with Gasteiger partial charge in [-0.2, -0.15) is 5.10 Å². The smallest absolute Gasteiger partial charge is 0.315 e. The Labute approximate surface area is 125 Å². The molecule has 1 heterocycles. The molecule has 0 atom stereocenters. The van der Waals surface area contributed by atoms with Gasteiger partial charge in [-0.25, -0.2) is 4.68 Å². The number of halogens is 1. The van der Waals surface area contributed by atoms with Crippen LogP contribution in [0, 0.1) is 6.92 Å². The minimum atomic E-state index is -0.813. The first kappa shape index (κ1) is 13.4. The first-order chi connectivity index (χ1) is 9.54. The molecule has 1 N–H and O–H groups in total. The van der Waals surface area contributed by atoms with E-state index in [1.165, 1.54) is 0 Å². The van der Waals surface area contributed by atoms with Crippen molar-refractivity contribution < 1.29 is 9.90 Å². The van der Waals surface area contributed by atoms with E-state index in [0.29, 0.717) is 18.5 Å². The molecule has 1 aliphatic rings. The van der Waals surface area contributed by atoms with Crippen LogP contribution in [-0.4, -0.2) is 20.9 Å². The van der Waals surface area contributed by atoms with Crippen molar-refractivity contribution in [1.29, 1.82) is 0 Å². The highest BCUT2D eigenvalue weighted by Crippen LogP contribution is 2.46. The standard InChI is InChI=1S/C15H15BrN2O2/c1-10-5-2-3-6-12(10)18-9-11(16)13(17-18)15(14(19)20)7-4-8-15/h2-3,5-6,9H,4,7-8H2,1H3,(H,19,20). The first-order valence-corrected chi connectivity index (χ1v) is 7.39. The molecule has 0 bridgehead atoms. The summed E-state index contributed by atoms with van der Waals surface area (Å²) in [6.07, 6.45) is 4.11. The summed E-state index contributed by atoms with van der Waals surface area (Å²) in [5.41, 5.74) is 1.90. The zero-order valence-electron chi connectivity index (χ0n) is 11.1. The molecule has 1 fully saturated rings. The van der Waals surface area contributed by atoms with Crippen LogP contribution < -0.4 is 0 Å². The summed E-state index contributed by atoms with van der Waals surface area (Å²) in [7, 11) is 0. The Kier molecular flexibility index (Phi) is 3.17. The van der Waals surface area contributed by atoms with E-state index >= 15 is 0 Å². The van der Waals surface area contributed by atoms with Crippen molar-refractivity contribution in [2.75, 3.05) is 0 Å². The van der Waals surface area contributed by atoms with Gasteiger partial charge in [-0.05, 0) is 47.3 Å². The van der Waals surface area contributed by atoms with Crippen molar-refractivity contribution in [2.24, 2.45) is 0 Å². The second kappa shape index (κ2) is 4.74. The molecule has 1 aliphatic carbocycles. The molecule has 0 spiro atoms. The topological polar surface area (TPSA) is 55.1 Å². The van der Waals surface area contributed by atoms with Crippen LogP contribution in [0.4, 0.5) is 0 Å². The van der Waals surface area contributed by atoms with Gasteiger partial charge in [0.1, 0.15) is 5.41 Å². The monoisotopic (exact) mass is 334 g/mol. The van der Waals surface area contributed by atoms with Gasteiger partial charge in [-0.3, -0.25) is 4.79 Å². The number of aliphatic carboxylic acids is 1. The summed E-state index contributed by atoms with van der Waals surface area (Å²) in [4.78, 5) is 11.6. The molecule has 0 radical (unpaired) electrons. The maximum Gasteiger partial charge on any atom is 0.315 e. The van der Waals surface area contributed by atoms with Crippen LogP contribution in [-0.2, 0) is 10.2 Å². The van der Waals surface area contributed by atoms with Crippen molar-refractivity contribution >= 4 is 21.9 Å². The van der Waals surface area contributed by atoms with Gasteiger partial charge in [0.2, 0.25) is 0 Å². The van der Waals surface area contributed by atoms with E-state index in [1.807, 2.05) is 37.4 Å². The van der Waals surface area contributed by atoms with E-state index < -0.39 is 11.4 Å². The quantitative estimate of drug-likeness (QED) is 0.935. The van der Waals surface area contributed by atoms with Crippen LogP contribution in [0.5, 0.6) is 0 Å². The largest absolute Gasteiger partial charge is 0.481 e. The van der Waals surface area contributed by atoms with Crippen molar-refractivity contribution in [3.8, 4) is 5.69 Å². The highest BCUT2D eigenvalue weighted by atomic mass is 79.9. The molecule has 3 rings (SSSR count). The molecular formula is C15H15BrN2O2. The van der Waals surface area contributed by atoms with Crippen molar-refractivity contribution in [3.05, 3.63) is 46.2 Å². The second-order valence-electron chi connectivity index (χ2n) is 5.30. The van der Waals surface area contributed by atoms with Gasteiger partial charge in [0.15, 0.2) is 0 Å². The van der Waals surface area contributed by atoms with E-state index in [9.17, 15) is 9.90 Å². The molecular weight excluding hydrogens is 320 g/mol. The highest BCUT2D eigenvalue weighted by Gasteiger charge is 2.49. The van der Waals surface area contributed by atoms with Crippen LogP contribution in [0.25, 0.3) is 5.69 Å². The van der Waals surface area contributed by atoms with Gasteiger partial charge < -0.3 is 5.11 Å². The lowest BCUT2D eigenvalue weighted by molar-refractivity contribution is -0.147. The molecule has 104 valence electrons. The third kappa shape index (κ3) is 1.88. The Morgan fingerprint density at radius 1 is 1.40 bits per heavy atom. The van der Waals surface area contributed by atoms with E-state index in [1.54, 1.807) is 4.68 Å². The third-order valence-electron chi connectivity index (χ3n) is 4.10. The van der Waals surface area contributed by atoms with Crippen LogP contribution in [0.15, 0.2) is 34.9 Å². The molecule has 2 aromatic rings. The van der Waals surface area contributed by atoms with Crippen LogP contribution in [0.3, 0.4) is 0 Å². The lowest BCUT2D eigenvalue weighted by Crippen LogP contribution is -2.43. The van der Waals surface area contributed by atoms with Gasteiger partial charge >= 0.3 is 5.97 Å². The normalized spacial score (nSPS) is 16.7. The average Bonchev–Trinajstić information content (AvgIpc) is 2.70. The van der Waals surface area contributed by atoms with Crippen LogP contribution in [0.1, 0.15) is 30.5 Å². The molecule has 4 nitrogen and oxygen atoms in total. The number of carbonyl (C=O) groups is 1. The van der Waals surface area contributed by atoms with E-state index in [0.717, 1.165) is 22.1 Å². The third-order valence-corrected chi connectivity index (χ3v) is 4.68. The molecule has 0 aliphatic heterocycles. The lowest BCUT2D eigenvalue weighted by atomic mass is 9.67. The van der Waals surface area contributed by atoms with E-state index in [4.69, 9.17) is 0 Å². The molecule has 20 heavy (non-hydrogen) atoms. The van der Waals surface area contributed by atoms with E-state index in [-0.39, 0.29) is 0 Å². The molecule has 1 saturated carbocycles. The van der Waals surface area contributed by atoms with Gasteiger partial charge in [0.05, 0.1) is 15.9 Å². The molecule has 1 aromatic carbocycles. The van der Waals surface area contributed by atoms with Crippen molar-refractivity contribution in [2.45, 2.75) is 31.6 Å². The Bertz CT molecular complexity index is 674. The summed E-state index contributed by atoms with van der Waals surface area (Å²) in [5.74, 6) is -0.778. The minimum absolute atomic E-state index is 0.638. The molecule has 0 unspecified atom stereocenters. The van der Waals surface area contributed by atoms with Crippen molar-refractivity contribution in [1.82, 2.24) is 9.78 Å². The van der Waals surface area contributed by atoms with Gasteiger partial charge in [-0.15, -0.1) is 0 Å². The van der Waals surface area contributed by atoms with Crippen LogP contribution in [0.2, 0.25) is 0 Å². The summed E-state index contributed by atoms with van der Waals surface area (Å²) in [6, 6.07) is 7.92. The molecule has 0 saturated heterocycles. The highest BCUT2D eigenvalue weighted by molar-refractivity contribution is 9.10. The number of rotatable bonds is 3.